The van der Waals surface area contributed by atoms with Crippen LogP contribution in [0.15, 0.2) is 29.2 Å². The van der Waals surface area contributed by atoms with Crippen LogP contribution in [-0.2, 0) is 20.5 Å². The minimum absolute atomic E-state index is 0. The molecule has 4 nitrogen and oxygen atoms in total. The SMILES string of the molecule is Cc1ccc(S(=O)(=O)[S-])cc1.O.O.[Na+]. The van der Waals surface area contributed by atoms with Crippen molar-refractivity contribution in [3.63, 3.8) is 0 Å². The van der Waals surface area contributed by atoms with Crippen LogP contribution in [0.1, 0.15) is 5.56 Å². The Kier molecular flexibility index (Phi) is 11.0. The van der Waals surface area contributed by atoms with E-state index in [4.69, 9.17) is 0 Å². The van der Waals surface area contributed by atoms with Crippen LogP contribution in [0.2, 0.25) is 0 Å². The van der Waals surface area contributed by atoms with Gasteiger partial charge in [0.15, 0.2) is 0 Å². The smallest absolute Gasteiger partial charge is 0.644 e. The first-order valence-corrected chi connectivity index (χ1v) is 5.43. The minimum Gasteiger partial charge on any atom is -0.644 e. The molecule has 7 heteroatoms. The van der Waals surface area contributed by atoms with Gasteiger partial charge >= 0.3 is 29.6 Å². The number of benzene rings is 1. The van der Waals surface area contributed by atoms with Crippen LogP contribution in [0.4, 0.5) is 0 Å². The van der Waals surface area contributed by atoms with Crippen molar-refractivity contribution in [3.8, 4) is 0 Å². The van der Waals surface area contributed by atoms with Gasteiger partial charge in [-0.1, -0.05) is 17.7 Å². The summed E-state index contributed by atoms with van der Waals surface area (Å²) in [5.41, 5.74) is 1.02. The Bertz CT molecular complexity index is 346. The van der Waals surface area contributed by atoms with Gasteiger partial charge in [-0.05, 0) is 19.1 Å². The summed E-state index contributed by atoms with van der Waals surface area (Å²) in [7, 11) is -3.44. The van der Waals surface area contributed by atoms with Gasteiger partial charge in [0.25, 0.3) is 0 Å². The van der Waals surface area contributed by atoms with E-state index in [0.29, 0.717) is 0 Å². The van der Waals surface area contributed by atoms with Gasteiger partial charge in [0.1, 0.15) is 0 Å². The van der Waals surface area contributed by atoms with E-state index in [1.165, 1.54) is 12.1 Å². The summed E-state index contributed by atoms with van der Waals surface area (Å²) in [6, 6.07) is 6.47. The third kappa shape index (κ3) is 6.02. The van der Waals surface area contributed by atoms with Crippen molar-refractivity contribution < 1.29 is 48.9 Å². The molecule has 0 heterocycles. The van der Waals surface area contributed by atoms with Crippen LogP contribution < -0.4 is 29.6 Å². The molecule has 0 fully saturated rings. The molecule has 0 aromatic heterocycles. The fraction of sp³-hybridized carbons (Fsp3) is 0.143. The fourth-order valence-corrected chi connectivity index (χ4v) is 1.51. The topological polar surface area (TPSA) is 97.1 Å². The van der Waals surface area contributed by atoms with Gasteiger partial charge in [-0.15, -0.1) is 0 Å². The number of rotatable bonds is 1. The molecular weight excluding hydrogens is 235 g/mol. The molecule has 0 aliphatic rings. The predicted molar refractivity (Wildman–Crippen MR) is 53.0 cm³/mol. The molecular formula is C7H11NaO4S2. The summed E-state index contributed by atoms with van der Waals surface area (Å²) in [5, 5.41) is 0. The Labute approximate surface area is 110 Å². The largest absolute Gasteiger partial charge is 1.00 e. The first-order valence-electron chi connectivity index (χ1n) is 3.03. The Hall–Kier alpha value is 0.440. The van der Waals surface area contributed by atoms with E-state index in [1.54, 1.807) is 12.1 Å². The summed E-state index contributed by atoms with van der Waals surface area (Å²) in [5.74, 6) is 0. The van der Waals surface area contributed by atoms with Crippen molar-refractivity contribution >= 4 is 20.5 Å². The molecule has 0 unspecified atom stereocenters. The van der Waals surface area contributed by atoms with E-state index >= 15 is 0 Å². The molecule has 0 radical (unpaired) electrons. The molecule has 0 amide bonds. The van der Waals surface area contributed by atoms with Crippen molar-refractivity contribution in [3.05, 3.63) is 29.8 Å². The van der Waals surface area contributed by atoms with Gasteiger partial charge in [0.05, 0.1) is 8.87 Å². The molecule has 0 aliphatic carbocycles. The van der Waals surface area contributed by atoms with E-state index in [-0.39, 0.29) is 45.4 Å². The quantitative estimate of drug-likeness (QED) is 0.293. The maximum Gasteiger partial charge on any atom is 1.00 e. The summed E-state index contributed by atoms with van der Waals surface area (Å²) in [6.45, 7) is 1.89. The van der Waals surface area contributed by atoms with E-state index in [1.807, 2.05) is 6.92 Å². The first kappa shape index (κ1) is 19.9. The van der Waals surface area contributed by atoms with Crippen LogP contribution in [-0.4, -0.2) is 19.4 Å². The second-order valence-electron chi connectivity index (χ2n) is 2.27. The van der Waals surface area contributed by atoms with Gasteiger partial charge in [-0.3, -0.25) is 0 Å². The van der Waals surface area contributed by atoms with E-state index in [9.17, 15) is 8.42 Å². The summed E-state index contributed by atoms with van der Waals surface area (Å²) in [4.78, 5) is 0.193. The maximum atomic E-state index is 10.8. The minimum atomic E-state index is -3.44. The van der Waals surface area contributed by atoms with Crippen LogP contribution in [0.5, 0.6) is 0 Å². The zero-order chi connectivity index (χ0) is 8.48. The molecule has 14 heavy (non-hydrogen) atoms. The van der Waals surface area contributed by atoms with Gasteiger partial charge in [-0.25, -0.2) is 8.42 Å². The molecule has 0 saturated heterocycles. The van der Waals surface area contributed by atoms with Gasteiger partial charge < -0.3 is 22.6 Å². The zero-order valence-corrected chi connectivity index (χ0v) is 11.6. The summed E-state index contributed by atoms with van der Waals surface area (Å²) in [6.07, 6.45) is 0. The second-order valence-corrected chi connectivity index (χ2v) is 4.96. The molecule has 1 aromatic carbocycles. The van der Waals surface area contributed by atoms with E-state index in [0.717, 1.165) is 5.56 Å². The Balaban J connectivity index is -0.000000403. The van der Waals surface area contributed by atoms with Crippen molar-refractivity contribution in [1.82, 2.24) is 0 Å². The Morgan fingerprint density at radius 1 is 1.07 bits per heavy atom. The normalized spacial score (nSPS) is 9.00. The first-order chi connectivity index (χ1) is 5.00. The number of aryl methyl sites for hydroxylation is 1. The van der Waals surface area contributed by atoms with E-state index < -0.39 is 8.87 Å². The monoisotopic (exact) mass is 246 g/mol. The molecule has 1 aromatic rings. The van der Waals surface area contributed by atoms with Gasteiger partial charge in [0.2, 0.25) is 0 Å². The molecule has 0 bridgehead atoms. The zero-order valence-electron chi connectivity index (χ0n) is 7.94. The van der Waals surface area contributed by atoms with Crippen molar-refractivity contribution in [2.45, 2.75) is 11.8 Å². The van der Waals surface area contributed by atoms with Gasteiger partial charge in [0, 0.05) is 4.90 Å². The van der Waals surface area contributed by atoms with Crippen LogP contribution >= 0.6 is 0 Å². The molecule has 76 valence electrons. The molecule has 0 saturated carbocycles. The summed E-state index contributed by atoms with van der Waals surface area (Å²) >= 11 is 4.27. The molecule has 1 rings (SSSR count). The summed E-state index contributed by atoms with van der Waals surface area (Å²) < 4.78 is 21.5. The van der Waals surface area contributed by atoms with Crippen molar-refractivity contribution in [2.24, 2.45) is 0 Å². The fourth-order valence-electron chi connectivity index (χ4n) is 0.705. The van der Waals surface area contributed by atoms with Crippen molar-refractivity contribution in [2.75, 3.05) is 0 Å². The molecule has 0 aliphatic heterocycles. The average molecular weight is 246 g/mol. The molecule has 0 spiro atoms. The van der Waals surface area contributed by atoms with E-state index in [2.05, 4.69) is 11.7 Å². The third-order valence-electron chi connectivity index (χ3n) is 1.31. The number of hydrogen-bond donors (Lipinski definition) is 0. The standard InChI is InChI=1S/C7H8O2S2.Na.2H2O/c1-6-2-4-7(5-3-6)11(8,9)10;;;/h2-5H,1H3,(H,8,9,10);;2*1H2/q;+1;;/p-1. The van der Waals surface area contributed by atoms with Gasteiger partial charge in [-0.2, -0.15) is 0 Å². The van der Waals surface area contributed by atoms with Crippen LogP contribution in [0.3, 0.4) is 0 Å². The second kappa shape index (κ2) is 7.70. The van der Waals surface area contributed by atoms with Crippen LogP contribution in [0.25, 0.3) is 0 Å². The molecule has 4 N–H and O–H groups in total. The molecule has 0 atom stereocenters. The number of hydrogen-bond acceptors (Lipinski definition) is 3. The predicted octanol–water partition coefficient (Wildman–Crippen LogP) is -3.41. The van der Waals surface area contributed by atoms with Crippen LogP contribution in [0, 0.1) is 6.92 Å². The average Bonchev–Trinajstić information content (AvgIpc) is 1.86. The maximum absolute atomic E-state index is 10.8. The Morgan fingerprint density at radius 2 is 1.43 bits per heavy atom. The Morgan fingerprint density at radius 3 is 1.71 bits per heavy atom. The van der Waals surface area contributed by atoms with Crippen molar-refractivity contribution in [1.29, 1.82) is 0 Å². The third-order valence-corrected chi connectivity index (χ3v) is 2.74.